The third-order valence-corrected chi connectivity index (χ3v) is 5.08. The van der Waals surface area contributed by atoms with Crippen LogP contribution in [0.3, 0.4) is 0 Å². The number of aryl methyl sites for hydroxylation is 1. The second kappa shape index (κ2) is 7.22. The lowest BCUT2D eigenvalue weighted by Crippen LogP contribution is -2.39. The molecule has 0 unspecified atom stereocenters. The molecular formula is C24H22N2O. The van der Waals surface area contributed by atoms with E-state index in [9.17, 15) is 5.11 Å². The van der Waals surface area contributed by atoms with Crippen LogP contribution in [0.5, 0.6) is 0 Å². The van der Waals surface area contributed by atoms with Gasteiger partial charge in [0.15, 0.2) is 0 Å². The highest BCUT2D eigenvalue weighted by Crippen LogP contribution is 2.42. The van der Waals surface area contributed by atoms with Crippen molar-refractivity contribution in [2.45, 2.75) is 19.1 Å². The van der Waals surface area contributed by atoms with E-state index in [1.807, 2.05) is 25.1 Å². The van der Waals surface area contributed by atoms with Crippen LogP contribution >= 0.6 is 0 Å². The van der Waals surface area contributed by atoms with Gasteiger partial charge in [-0.3, -0.25) is 0 Å². The molecule has 0 saturated heterocycles. The molecule has 3 aromatic carbocycles. The molecule has 0 radical (unpaired) electrons. The van der Waals surface area contributed by atoms with Gasteiger partial charge in [-0.1, -0.05) is 91.0 Å². The molecule has 0 saturated carbocycles. The number of hydrogen-bond acceptors (Lipinski definition) is 2. The van der Waals surface area contributed by atoms with Crippen LogP contribution in [0, 0.1) is 6.92 Å². The maximum atomic E-state index is 10.1. The third kappa shape index (κ3) is 2.77. The van der Waals surface area contributed by atoms with Crippen molar-refractivity contribution < 1.29 is 5.11 Å². The van der Waals surface area contributed by atoms with Gasteiger partial charge in [0.1, 0.15) is 11.4 Å². The molecule has 0 atom stereocenters. The Bertz CT molecular complexity index is 912. The average molecular weight is 354 g/mol. The Hall–Kier alpha value is -3.17. The summed E-state index contributed by atoms with van der Waals surface area (Å²) < 4.78 is 2.16. The minimum Gasteiger partial charge on any atom is -0.390 e. The zero-order valence-electron chi connectivity index (χ0n) is 15.3. The summed E-state index contributed by atoms with van der Waals surface area (Å²) in [5.41, 5.74) is 3.53. The number of benzene rings is 3. The normalized spacial score (nSPS) is 11.5. The van der Waals surface area contributed by atoms with E-state index in [0.29, 0.717) is 0 Å². The second-order valence-electron chi connectivity index (χ2n) is 6.60. The van der Waals surface area contributed by atoms with Crippen molar-refractivity contribution in [2.24, 2.45) is 0 Å². The molecule has 0 fully saturated rings. The minimum absolute atomic E-state index is 0.0743. The van der Waals surface area contributed by atoms with Crippen molar-refractivity contribution in [3.8, 4) is 0 Å². The summed E-state index contributed by atoms with van der Waals surface area (Å²) in [5, 5.41) is 10.1. The van der Waals surface area contributed by atoms with E-state index in [1.54, 1.807) is 6.20 Å². The Balaban J connectivity index is 2.19. The fraction of sp³-hybridized carbons (Fsp3) is 0.125. The van der Waals surface area contributed by atoms with Gasteiger partial charge in [0, 0.05) is 0 Å². The van der Waals surface area contributed by atoms with E-state index in [-0.39, 0.29) is 6.61 Å². The third-order valence-electron chi connectivity index (χ3n) is 5.08. The molecule has 0 aliphatic rings. The Morgan fingerprint density at radius 1 is 0.741 bits per heavy atom. The van der Waals surface area contributed by atoms with Crippen LogP contribution in [0.25, 0.3) is 0 Å². The largest absolute Gasteiger partial charge is 0.390 e. The maximum Gasteiger partial charge on any atom is 0.122 e. The van der Waals surface area contributed by atoms with Gasteiger partial charge in [0.05, 0.1) is 18.5 Å². The zero-order valence-corrected chi connectivity index (χ0v) is 15.3. The molecule has 1 aromatic heterocycles. The number of aliphatic hydroxyl groups is 1. The first kappa shape index (κ1) is 17.3. The highest BCUT2D eigenvalue weighted by Gasteiger charge is 2.40. The number of nitrogens with zero attached hydrogens (tertiary/aromatic N) is 2. The predicted molar refractivity (Wildman–Crippen MR) is 107 cm³/mol. The molecule has 4 aromatic rings. The lowest BCUT2D eigenvalue weighted by atomic mass is 9.76. The Labute approximate surface area is 159 Å². The lowest BCUT2D eigenvalue weighted by molar-refractivity contribution is 0.264. The van der Waals surface area contributed by atoms with Gasteiger partial charge in [-0.15, -0.1) is 0 Å². The van der Waals surface area contributed by atoms with E-state index in [0.717, 1.165) is 28.2 Å². The molecule has 0 spiro atoms. The van der Waals surface area contributed by atoms with Gasteiger partial charge in [0.2, 0.25) is 0 Å². The van der Waals surface area contributed by atoms with Gasteiger partial charge in [-0.2, -0.15) is 0 Å². The van der Waals surface area contributed by atoms with Crippen molar-refractivity contribution in [1.82, 2.24) is 9.55 Å². The molecule has 0 bridgehead atoms. The molecule has 3 nitrogen and oxygen atoms in total. The second-order valence-corrected chi connectivity index (χ2v) is 6.60. The van der Waals surface area contributed by atoms with Crippen molar-refractivity contribution in [1.29, 1.82) is 0 Å². The van der Waals surface area contributed by atoms with Crippen molar-refractivity contribution in [2.75, 3.05) is 0 Å². The Kier molecular flexibility index (Phi) is 4.61. The number of hydrogen-bond donors (Lipinski definition) is 1. The first-order valence-electron chi connectivity index (χ1n) is 9.09. The van der Waals surface area contributed by atoms with E-state index in [2.05, 4.69) is 82.3 Å². The number of rotatable bonds is 5. The van der Waals surface area contributed by atoms with Gasteiger partial charge < -0.3 is 9.67 Å². The molecule has 4 rings (SSSR count). The topological polar surface area (TPSA) is 38.1 Å². The Morgan fingerprint density at radius 2 is 1.15 bits per heavy atom. The van der Waals surface area contributed by atoms with Gasteiger partial charge in [-0.25, -0.2) is 4.98 Å². The van der Waals surface area contributed by atoms with Crippen molar-refractivity contribution in [3.63, 3.8) is 0 Å². The summed E-state index contributed by atoms with van der Waals surface area (Å²) in [6.45, 7) is 1.91. The van der Waals surface area contributed by atoms with Gasteiger partial charge >= 0.3 is 0 Å². The summed E-state index contributed by atoms with van der Waals surface area (Å²) >= 11 is 0. The smallest absolute Gasteiger partial charge is 0.122 e. The summed E-state index contributed by atoms with van der Waals surface area (Å²) in [7, 11) is 0. The van der Waals surface area contributed by atoms with Crippen LogP contribution in [0.15, 0.2) is 97.2 Å². The van der Waals surface area contributed by atoms with Crippen LogP contribution < -0.4 is 0 Å². The molecule has 0 aliphatic carbocycles. The van der Waals surface area contributed by atoms with Crippen LogP contribution in [0.4, 0.5) is 0 Å². The quantitative estimate of drug-likeness (QED) is 0.535. The van der Waals surface area contributed by atoms with E-state index < -0.39 is 5.54 Å². The summed E-state index contributed by atoms with van der Waals surface area (Å²) in [4.78, 5) is 4.53. The SMILES string of the molecule is Cc1ncc(CO)n1C(c1ccccc1)(c1ccccc1)c1ccccc1. The zero-order chi connectivity index (χ0) is 18.7. The van der Waals surface area contributed by atoms with Crippen LogP contribution in [-0.4, -0.2) is 14.7 Å². The Morgan fingerprint density at radius 3 is 1.52 bits per heavy atom. The maximum absolute atomic E-state index is 10.1. The number of aliphatic hydroxyl groups excluding tert-OH is 1. The first-order valence-corrected chi connectivity index (χ1v) is 9.09. The number of aromatic nitrogens is 2. The molecule has 0 aliphatic heterocycles. The fourth-order valence-electron chi connectivity index (χ4n) is 3.99. The predicted octanol–water partition coefficient (Wildman–Crippen LogP) is 4.52. The molecule has 1 N–H and O–H groups in total. The van der Waals surface area contributed by atoms with E-state index >= 15 is 0 Å². The fourth-order valence-corrected chi connectivity index (χ4v) is 3.99. The van der Waals surface area contributed by atoms with E-state index in [1.165, 1.54) is 0 Å². The molecule has 3 heteroatoms. The van der Waals surface area contributed by atoms with Crippen LogP contribution in [-0.2, 0) is 12.1 Å². The van der Waals surface area contributed by atoms with Gasteiger partial charge in [0.25, 0.3) is 0 Å². The molecule has 0 amide bonds. The van der Waals surface area contributed by atoms with Crippen LogP contribution in [0.2, 0.25) is 0 Å². The van der Waals surface area contributed by atoms with E-state index in [4.69, 9.17) is 0 Å². The molecule has 1 heterocycles. The van der Waals surface area contributed by atoms with Crippen molar-refractivity contribution >= 4 is 0 Å². The average Bonchev–Trinajstić information content (AvgIpc) is 3.12. The van der Waals surface area contributed by atoms with Crippen molar-refractivity contribution in [3.05, 3.63) is 125 Å². The summed E-state index contributed by atoms with van der Waals surface area (Å²) in [6.07, 6.45) is 1.76. The lowest BCUT2D eigenvalue weighted by Gasteiger charge is -2.39. The highest BCUT2D eigenvalue weighted by molar-refractivity contribution is 5.51. The monoisotopic (exact) mass is 354 g/mol. The molecule has 134 valence electrons. The molecule has 27 heavy (non-hydrogen) atoms. The number of imidazole rings is 1. The highest BCUT2D eigenvalue weighted by atomic mass is 16.3. The van der Waals surface area contributed by atoms with Crippen LogP contribution in [0.1, 0.15) is 28.2 Å². The standard InChI is InChI=1S/C24H22N2O/c1-19-25-17-23(18-27)26(19)24(20-11-5-2-6-12-20,21-13-7-3-8-14-21)22-15-9-4-10-16-22/h2-17,27H,18H2,1H3. The molecular weight excluding hydrogens is 332 g/mol. The summed E-state index contributed by atoms with van der Waals surface area (Å²) in [6, 6.07) is 31.3. The minimum atomic E-state index is -0.623. The van der Waals surface area contributed by atoms with Gasteiger partial charge in [-0.05, 0) is 23.6 Å². The summed E-state index contributed by atoms with van der Waals surface area (Å²) in [5.74, 6) is 0.857. The first-order chi connectivity index (χ1) is 13.3.